The molecule has 33 heavy (non-hydrogen) atoms. The summed E-state index contributed by atoms with van der Waals surface area (Å²) in [5.41, 5.74) is 9.82. The van der Waals surface area contributed by atoms with Crippen LogP contribution in [0.15, 0.2) is 29.2 Å². The zero-order valence-corrected chi connectivity index (χ0v) is 18.9. The van der Waals surface area contributed by atoms with Crippen LogP contribution in [0.1, 0.15) is 35.2 Å². The number of nitrogens with two attached hydrogens (primary N) is 1. The summed E-state index contributed by atoms with van der Waals surface area (Å²) in [4.78, 5) is 35.1. The van der Waals surface area contributed by atoms with Gasteiger partial charge in [-0.3, -0.25) is 24.4 Å². The molecule has 2 heterocycles. The predicted molar refractivity (Wildman–Crippen MR) is 125 cm³/mol. The first kappa shape index (κ1) is 22.8. The SMILES string of the molecule is Cc1cnc(NCCc2ccc3c(c2)CCC3)c(=O)n1CC(=O)NC1CCN(C(=N)N)OC1. The second-order valence-corrected chi connectivity index (χ2v) is 8.61. The molecule has 1 aliphatic heterocycles. The van der Waals surface area contributed by atoms with Crippen LogP contribution in [0.3, 0.4) is 0 Å². The quantitative estimate of drug-likeness (QED) is 0.358. The number of carbonyl (C=O) groups excluding carboxylic acids is 1. The molecule has 0 bridgehead atoms. The van der Waals surface area contributed by atoms with Crippen LogP contribution >= 0.6 is 0 Å². The van der Waals surface area contributed by atoms with Gasteiger partial charge in [0.1, 0.15) is 6.54 Å². The molecule has 2 aliphatic rings. The Morgan fingerprint density at radius 1 is 1.33 bits per heavy atom. The van der Waals surface area contributed by atoms with E-state index in [4.69, 9.17) is 16.0 Å². The molecule has 5 N–H and O–H groups in total. The first-order valence-electron chi connectivity index (χ1n) is 11.4. The van der Waals surface area contributed by atoms with Gasteiger partial charge in [0.05, 0.1) is 19.2 Å². The Balaban J connectivity index is 1.32. The molecule has 1 saturated heterocycles. The van der Waals surface area contributed by atoms with E-state index in [1.807, 2.05) is 0 Å². The molecule has 1 unspecified atom stereocenters. The van der Waals surface area contributed by atoms with Crippen molar-refractivity contribution in [3.05, 3.63) is 57.1 Å². The number of carbonyl (C=O) groups is 1. The number of hydrogen-bond acceptors (Lipinski definition) is 6. The zero-order chi connectivity index (χ0) is 23.4. The summed E-state index contributed by atoms with van der Waals surface area (Å²) in [6.45, 7) is 2.89. The molecule has 1 aromatic heterocycles. The highest BCUT2D eigenvalue weighted by Gasteiger charge is 2.23. The molecule has 1 amide bonds. The van der Waals surface area contributed by atoms with E-state index in [0.717, 1.165) is 12.8 Å². The topological polar surface area (TPSA) is 138 Å². The van der Waals surface area contributed by atoms with Gasteiger partial charge >= 0.3 is 0 Å². The van der Waals surface area contributed by atoms with E-state index in [9.17, 15) is 9.59 Å². The van der Waals surface area contributed by atoms with Gasteiger partial charge in [0, 0.05) is 18.4 Å². The number of anilines is 1. The highest BCUT2D eigenvalue weighted by molar-refractivity contribution is 5.76. The molecule has 1 atom stereocenters. The van der Waals surface area contributed by atoms with E-state index in [-0.39, 0.29) is 42.4 Å². The maximum Gasteiger partial charge on any atom is 0.293 e. The van der Waals surface area contributed by atoms with Crippen LogP contribution in [-0.2, 0) is 35.4 Å². The zero-order valence-electron chi connectivity index (χ0n) is 18.9. The second kappa shape index (κ2) is 10.0. The smallest absolute Gasteiger partial charge is 0.293 e. The molecule has 1 aromatic carbocycles. The summed E-state index contributed by atoms with van der Waals surface area (Å²) in [5.74, 6) is -0.192. The van der Waals surface area contributed by atoms with Crippen LogP contribution < -0.4 is 21.9 Å². The minimum Gasteiger partial charge on any atom is -0.368 e. The fourth-order valence-electron chi connectivity index (χ4n) is 4.32. The summed E-state index contributed by atoms with van der Waals surface area (Å²) < 4.78 is 1.42. The third-order valence-corrected chi connectivity index (χ3v) is 6.17. The lowest BCUT2D eigenvalue weighted by Crippen LogP contribution is -2.50. The lowest BCUT2D eigenvalue weighted by Gasteiger charge is -2.31. The molecule has 0 spiro atoms. The number of fused-ring (bicyclic) bond motifs is 1. The third kappa shape index (κ3) is 5.51. The Labute approximate surface area is 192 Å². The van der Waals surface area contributed by atoms with E-state index < -0.39 is 0 Å². The number of hydrogen-bond donors (Lipinski definition) is 4. The Kier molecular flexibility index (Phi) is 6.93. The Hall–Kier alpha value is -3.40. The highest BCUT2D eigenvalue weighted by atomic mass is 16.7. The molecule has 0 saturated carbocycles. The molecule has 176 valence electrons. The van der Waals surface area contributed by atoms with Gasteiger partial charge in [-0.05, 0) is 55.7 Å². The molecule has 10 nitrogen and oxygen atoms in total. The first-order valence-corrected chi connectivity index (χ1v) is 11.4. The van der Waals surface area contributed by atoms with Gasteiger partial charge in [0.2, 0.25) is 11.9 Å². The van der Waals surface area contributed by atoms with Gasteiger partial charge in [-0.1, -0.05) is 18.2 Å². The average Bonchev–Trinajstić information content (AvgIpc) is 3.26. The molecule has 4 rings (SSSR count). The van der Waals surface area contributed by atoms with Crippen LogP contribution in [0.4, 0.5) is 5.82 Å². The molecule has 0 radical (unpaired) electrons. The van der Waals surface area contributed by atoms with Crippen LogP contribution in [0.2, 0.25) is 0 Å². The standard InChI is InChI=1S/C23H31N7O3/c1-15-12-27-21(26-9-7-16-5-6-17-3-2-4-18(17)11-16)22(32)29(15)13-20(31)28-19-8-10-30(23(24)25)33-14-19/h5-6,11-12,19H,2-4,7-10,13-14H2,1H3,(H3,24,25)(H,26,27)(H,28,31). The van der Waals surface area contributed by atoms with Gasteiger partial charge in [0.15, 0.2) is 5.82 Å². The number of guanidine groups is 1. The van der Waals surface area contributed by atoms with Crippen LogP contribution in [0.25, 0.3) is 0 Å². The van der Waals surface area contributed by atoms with Crippen LogP contribution in [0, 0.1) is 12.3 Å². The fraction of sp³-hybridized carbons (Fsp3) is 0.478. The molecule has 1 fully saturated rings. The Bertz CT molecular complexity index is 1090. The number of hydroxylamine groups is 2. The molecule has 2 aromatic rings. The first-order chi connectivity index (χ1) is 15.9. The van der Waals surface area contributed by atoms with E-state index in [0.29, 0.717) is 25.2 Å². The van der Waals surface area contributed by atoms with Gasteiger partial charge in [0.25, 0.3) is 5.56 Å². The summed E-state index contributed by atoms with van der Waals surface area (Å²) in [6.07, 6.45) is 6.53. The lowest BCUT2D eigenvalue weighted by atomic mass is 10.0. The largest absolute Gasteiger partial charge is 0.368 e. The summed E-state index contributed by atoms with van der Waals surface area (Å²) in [7, 11) is 0. The van der Waals surface area contributed by atoms with Crippen molar-refractivity contribution < 1.29 is 9.63 Å². The highest BCUT2D eigenvalue weighted by Crippen LogP contribution is 2.23. The predicted octanol–water partition coefficient (Wildman–Crippen LogP) is 0.711. The Morgan fingerprint density at radius 2 is 2.15 bits per heavy atom. The van der Waals surface area contributed by atoms with Crippen molar-refractivity contribution in [2.24, 2.45) is 5.73 Å². The number of nitrogens with zero attached hydrogens (tertiary/aromatic N) is 3. The average molecular weight is 454 g/mol. The lowest BCUT2D eigenvalue weighted by molar-refractivity contribution is -0.143. The minimum absolute atomic E-state index is 0.0976. The number of nitrogens with one attached hydrogen (secondary N) is 3. The number of aryl methyl sites for hydroxylation is 3. The Morgan fingerprint density at radius 3 is 2.91 bits per heavy atom. The fourth-order valence-corrected chi connectivity index (χ4v) is 4.32. The van der Waals surface area contributed by atoms with Crippen molar-refractivity contribution in [1.82, 2.24) is 19.9 Å². The summed E-state index contributed by atoms with van der Waals surface area (Å²) >= 11 is 0. The number of aromatic nitrogens is 2. The van der Waals surface area contributed by atoms with Crippen molar-refractivity contribution >= 4 is 17.7 Å². The van der Waals surface area contributed by atoms with Gasteiger partial charge in [-0.15, -0.1) is 0 Å². The van der Waals surface area contributed by atoms with E-state index in [1.54, 1.807) is 13.1 Å². The van der Waals surface area contributed by atoms with Crippen molar-refractivity contribution in [1.29, 1.82) is 5.41 Å². The van der Waals surface area contributed by atoms with Crippen molar-refractivity contribution in [2.75, 3.05) is 25.0 Å². The van der Waals surface area contributed by atoms with E-state index in [2.05, 4.69) is 33.8 Å². The van der Waals surface area contributed by atoms with Gasteiger partial charge in [-0.2, -0.15) is 0 Å². The van der Waals surface area contributed by atoms with Crippen LogP contribution in [0.5, 0.6) is 0 Å². The molecular weight excluding hydrogens is 422 g/mol. The summed E-state index contributed by atoms with van der Waals surface area (Å²) in [5, 5.41) is 14.7. The van der Waals surface area contributed by atoms with Gasteiger partial charge < -0.3 is 16.4 Å². The van der Waals surface area contributed by atoms with Crippen molar-refractivity contribution in [3.63, 3.8) is 0 Å². The van der Waals surface area contributed by atoms with E-state index >= 15 is 0 Å². The van der Waals surface area contributed by atoms with Crippen LogP contribution in [-0.4, -0.2) is 52.2 Å². The molecule has 10 heteroatoms. The second-order valence-electron chi connectivity index (χ2n) is 8.61. The monoisotopic (exact) mass is 453 g/mol. The van der Waals surface area contributed by atoms with Crippen molar-refractivity contribution in [3.8, 4) is 0 Å². The van der Waals surface area contributed by atoms with E-state index in [1.165, 1.54) is 39.2 Å². The van der Waals surface area contributed by atoms with Crippen molar-refractivity contribution in [2.45, 2.75) is 51.6 Å². The number of benzene rings is 1. The number of amides is 1. The normalized spacial score (nSPS) is 17.5. The molecular formula is C23H31N7O3. The number of rotatable bonds is 7. The maximum absolute atomic E-state index is 12.9. The van der Waals surface area contributed by atoms with Gasteiger partial charge in [-0.25, -0.2) is 10.0 Å². The summed E-state index contributed by atoms with van der Waals surface area (Å²) in [6, 6.07) is 6.43. The third-order valence-electron chi connectivity index (χ3n) is 6.17. The maximum atomic E-state index is 12.9. The minimum atomic E-state index is -0.318. The molecule has 1 aliphatic carbocycles.